The van der Waals surface area contributed by atoms with Gasteiger partial charge in [0.25, 0.3) is 0 Å². The molecule has 0 radical (unpaired) electrons. The number of carboxylic acid groups (broad SMARTS) is 1. The lowest BCUT2D eigenvalue weighted by Crippen LogP contribution is -2.02. The van der Waals surface area contributed by atoms with E-state index in [1.807, 2.05) is 19.1 Å². The van der Waals surface area contributed by atoms with Crippen molar-refractivity contribution in [1.29, 1.82) is 0 Å². The molecule has 0 saturated heterocycles. The number of aliphatic carboxylic acids is 1. The maximum atomic E-state index is 10.5. The van der Waals surface area contributed by atoms with Crippen molar-refractivity contribution < 1.29 is 9.90 Å². The average molecular weight is 192 g/mol. The van der Waals surface area contributed by atoms with E-state index >= 15 is 0 Å². The van der Waals surface area contributed by atoms with Crippen LogP contribution in [0.2, 0.25) is 0 Å². The van der Waals surface area contributed by atoms with Crippen molar-refractivity contribution in [2.75, 3.05) is 0 Å². The highest BCUT2D eigenvalue weighted by atomic mass is 16.4. The number of benzene rings is 1. The van der Waals surface area contributed by atoms with Crippen LogP contribution < -0.4 is 0 Å². The van der Waals surface area contributed by atoms with E-state index in [1.54, 1.807) is 0 Å². The third kappa shape index (κ3) is 2.87. The molecule has 76 valence electrons. The van der Waals surface area contributed by atoms with Crippen LogP contribution in [0, 0.1) is 0 Å². The maximum absolute atomic E-state index is 10.5. The minimum absolute atomic E-state index is 0.0957. The number of carboxylic acids is 1. The highest BCUT2D eigenvalue weighted by molar-refractivity contribution is 5.67. The van der Waals surface area contributed by atoms with Crippen LogP contribution in [0.3, 0.4) is 0 Å². The smallest absolute Gasteiger partial charge is 0.303 e. The fourth-order valence-corrected chi connectivity index (χ4v) is 1.46. The molecule has 0 heterocycles. The van der Waals surface area contributed by atoms with Crippen LogP contribution in [0.5, 0.6) is 0 Å². The van der Waals surface area contributed by atoms with Crippen LogP contribution in [0.1, 0.15) is 37.3 Å². The molecule has 2 nitrogen and oxygen atoms in total. The topological polar surface area (TPSA) is 37.3 Å². The second kappa shape index (κ2) is 4.80. The van der Waals surface area contributed by atoms with E-state index in [0.29, 0.717) is 0 Å². The monoisotopic (exact) mass is 192 g/mol. The van der Waals surface area contributed by atoms with Gasteiger partial charge in [-0.25, -0.2) is 0 Å². The van der Waals surface area contributed by atoms with Crippen molar-refractivity contribution in [2.45, 2.75) is 32.6 Å². The van der Waals surface area contributed by atoms with E-state index < -0.39 is 5.97 Å². The number of carbonyl (C=O) groups is 1. The molecular formula is C12H16O2. The Hall–Kier alpha value is -1.31. The summed E-state index contributed by atoms with van der Waals surface area (Å²) in [5, 5.41) is 8.65. The van der Waals surface area contributed by atoms with Gasteiger partial charge in [-0.2, -0.15) is 0 Å². The molecule has 0 saturated carbocycles. The zero-order chi connectivity index (χ0) is 10.6. The van der Waals surface area contributed by atoms with E-state index in [9.17, 15) is 4.79 Å². The summed E-state index contributed by atoms with van der Waals surface area (Å²) in [5.41, 5.74) is 2.39. The van der Waals surface area contributed by atoms with Crippen molar-refractivity contribution in [3.63, 3.8) is 0 Å². The first-order valence-electron chi connectivity index (χ1n) is 4.94. The predicted octanol–water partition coefficient (Wildman–Crippen LogP) is 2.83. The van der Waals surface area contributed by atoms with Crippen LogP contribution >= 0.6 is 0 Å². The van der Waals surface area contributed by atoms with Crippen molar-refractivity contribution in [3.8, 4) is 0 Å². The molecule has 2 heteroatoms. The van der Waals surface area contributed by atoms with Crippen LogP contribution in [0.4, 0.5) is 0 Å². The second-order valence-corrected chi connectivity index (χ2v) is 3.59. The first-order valence-corrected chi connectivity index (χ1v) is 4.94. The van der Waals surface area contributed by atoms with Crippen molar-refractivity contribution >= 4 is 5.97 Å². The van der Waals surface area contributed by atoms with Crippen molar-refractivity contribution in [2.24, 2.45) is 0 Å². The number of aryl methyl sites for hydroxylation is 1. The van der Waals surface area contributed by atoms with Crippen LogP contribution in [-0.4, -0.2) is 11.1 Å². The van der Waals surface area contributed by atoms with Crippen molar-refractivity contribution in [3.05, 3.63) is 35.4 Å². The summed E-state index contributed by atoms with van der Waals surface area (Å²) >= 11 is 0. The predicted molar refractivity (Wildman–Crippen MR) is 56.5 cm³/mol. The molecule has 0 aromatic heterocycles. The van der Waals surface area contributed by atoms with Gasteiger partial charge >= 0.3 is 5.97 Å². The van der Waals surface area contributed by atoms with Gasteiger partial charge in [0.1, 0.15) is 0 Å². The number of hydrogen-bond donors (Lipinski definition) is 1. The quantitative estimate of drug-likeness (QED) is 0.796. The van der Waals surface area contributed by atoms with Crippen molar-refractivity contribution in [1.82, 2.24) is 0 Å². The molecule has 0 amide bonds. The lowest BCUT2D eigenvalue weighted by atomic mass is 9.96. The van der Waals surface area contributed by atoms with Crippen LogP contribution in [0.25, 0.3) is 0 Å². The molecule has 1 atom stereocenters. The maximum Gasteiger partial charge on any atom is 0.303 e. The third-order valence-corrected chi connectivity index (χ3v) is 2.44. The number of rotatable bonds is 4. The van der Waals surface area contributed by atoms with Gasteiger partial charge in [0.2, 0.25) is 0 Å². The SMILES string of the molecule is CCc1ccc([C@@H](C)CC(=O)O)cc1. The number of hydrogen-bond acceptors (Lipinski definition) is 1. The van der Waals surface area contributed by atoms with E-state index in [2.05, 4.69) is 19.1 Å². The largest absolute Gasteiger partial charge is 0.481 e. The molecule has 0 aliphatic rings. The van der Waals surface area contributed by atoms with E-state index in [4.69, 9.17) is 5.11 Å². The highest BCUT2D eigenvalue weighted by Gasteiger charge is 2.09. The summed E-state index contributed by atoms with van der Waals surface area (Å²) in [6.07, 6.45) is 1.22. The first kappa shape index (κ1) is 10.8. The molecule has 1 aromatic carbocycles. The summed E-state index contributed by atoms with van der Waals surface area (Å²) in [5.74, 6) is -0.643. The van der Waals surface area contributed by atoms with Gasteiger partial charge in [0.05, 0.1) is 6.42 Å². The fourth-order valence-electron chi connectivity index (χ4n) is 1.46. The van der Waals surface area contributed by atoms with Gasteiger partial charge in [-0.15, -0.1) is 0 Å². The molecule has 0 unspecified atom stereocenters. The second-order valence-electron chi connectivity index (χ2n) is 3.59. The van der Waals surface area contributed by atoms with Gasteiger partial charge in [-0.3, -0.25) is 4.79 Å². The van der Waals surface area contributed by atoms with Gasteiger partial charge in [-0.05, 0) is 23.5 Å². The van der Waals surface area contributed by atoms with Gasteiger partial charge < -0.3 is 5.11 Å². The summed E-state index contributed by atoms with van der Waals surface area (Å²) in [6, 6.07) is 8.17. The summed E-state index contributed by atoms with van der Waals surface area (Å²) in [7, 11) is 0. The van der Waals surface area contributed by atoms with Gasteiger partial charge in [0, 0.05) is 0 Å². The Labute approximate surface area is 84.6 Å². The van der Waals surface area contributed by atoms with Gasteiger partial charge in [0.15, 0.2) is 0 Å². The zero-order valence-electron chi connectivity index (χ0n) is 8.66. The molecular weight excluding hydrogens is 176 g/mol. The summed E-state index contributed by atoms with van der Waals surface area (Å²) in [4.78, 5) is 10.5. The Morgan fingerprint density at radius 3 is 2.36 bits per heavy atom. The Balaban J connectivity index is 2.71. The highest BCUT2D eigenvalue weighted by Crippen LogP contribution is 2.19. The van der Waals surface area contributed by atoms with E-state index in [0.717, 1.165) is 12.0 Å². The molecule has 0 spiro atoms. The summed E-state index contributed by atoms with van der Waals surface area (Å²) in [6.45, 7) is 4.05. The molecule has 1 N–H and O–H groups in total. The molecule has 0 fully saturated rings. The minimum Gasteiger partial charge on any atom is -0.481 e. The molecule has 1 aromatic rings. The molecule has 14 heavy (non-hydrogen) atoms. The van der Waals surface area contributed by atoms with Crippen LogP contribution in [-0.2, 0) is 11.2 Å². The molecule has 0 bridgehead atoms. The summed E-state index contributed by atoms with van der Waals surface area (Å²) < 4.78 is 0. The fraction of sp³-hybridized carbons (Fsp3) is 0.417. The molecule has 1 rings (SSSR count). The minimum atomic E-state index is -0.739. The Morgan fingerprint density at radius 2 is 1.93 bits per heavy atom. The molecule has 0 aliphatic heterocycles. The lowest BCUT2D eigenvalue weighted by molar-refractivity contribution is -0.137. The Kier molecular flexibility index (Phi) is 3.69. The van der Waals surface area contributed by atoms with E-state index in [-0.39, 0.29) is 12.3 Å². The lowest BCUT2D eigenvalue weighted by Gasteiger charge is -2.09. The molecule has 0 aliphatic carbocycles. The van der Waals surface area contributed by atoms with Gasteiger partial charge in [-0.1, -0.05) is 38.1 Å². The van der Waals surface area contributed by atoms with E-state index in [1.165, 1.54) is 5.56 Å². The Morgan fingerprint density at radius 1 is 1.36 bits per heavy atom. The zero-order valence-corrected chi connectivity index (χ0v) is 8.66. The third-order valence-electron chi connectivity index (χ3n) is 2.44. The standard InChI is InChI=1S/C12H16O2/c1-3-10-4-6-11(7-5-10)9(2)8-12(13)14/h4-7,9H,3,8H2,1-2H3,(H,13,14)/t9-/m0/s1. The van der Waals surface area contributed by atoms with Crippen LogP contribution in [0.15, 0.2) is 24.3 Å². The average Bonchev–Trinajstić information content (AvgIpc) is 2.17. The Bertz CT molecular complexity index is 301. The normalized spacial score (nSPS) is 12.4. The first-order chi connectivity index (χ1) is 6.63.